The fourth-order valence-electron chi connectivity index (χ4n) is 0.222. The van der Waals surface area contributed by atoms with Crippen molar-refractivity contribution in [2.75, 3.05) is 0 Å². The van der Waals surface area contributed by atoms with Crippen LogP contribution in [0.3, 0.4) is 0 Å². The molecule has 0 aliphatic heterocycles. The van der Waals surface area contributed by atoms with Crippen molar-refractivity contribution in [3.8, 4) is 0 Å². The van der Waals surface area contributed by atoms with Gasteiger partial charge in [0.1, 0.15) is 0 Å². The van der Waals surface area contributed by atoms with Crippen LogP contribution in [0, 0.1) is 0 Å². The third-order valence-corrected chi connectivity index (χ3v) is 0.550. The molecule has 0 heterocycles. The van der Waals surface area contributed by atoms with Crippen molar-refractivity contribution in [2.24, 2.45) is 0 Å². The quantitative estimate of drug-likeness (QED) is 0.406. The van der Waals surface area contributed by atoms with Crippen LogP contribution in [0.5, 0.6) is 0 Å². The smallest absolute Gasteiger partial charge is 0.204 e. The van der Waals surface area contributed by atoms with E-state index >= 15 is 0 Å². The van der Waals surface area contributed by atoms with E-state index in [1.807, 2.05) is 0 Å². The summed E-state index contributed by atoms with van der Waals surface area (Å²) in [6.45, 7) is 2.33. The highest BCUT2D eigenvalue weighted by molar-refractivity contribution is 5.16. The van der Waals surface area contributed by atoms with Gasteiger partial charge in [0, 0.05) is 0 Å². The van der Waals surface area contributed by atoms with Crippen molar-refractivity contribution in [3.63, 3.8) is 0 Å². The maximum Gasteiger partial charge on any atom is 0.412 e. The second-order valence-electron chi connectivity index (χ2n) is 1.44. The van der Waals surface area contributed by atoms with Gasteiger partial charge in [-0.15, -0.1) is 0 Å². The Morgan fingerprint density at radius 1 is 1.20 bits per heavy atom. The average molecular weight is 158 g/mol. The predicted molar refractivity (Wildman–Crippen MR) is 25.5 cm³/mol. The van der Waals surface area contributed by atoms with Crippen molar-refractivity contribution in [2.45, 2.75) is 6.18 Å². The van der Waals surface area contributed by atoms with Crippen molar-refractivity contribution >= 4 is 0 Å². The summed E-state index contributed by atoms with van der Waals surface area (Å²) < 4.78 is 56.6. The molecule has 0 radical (unpaired) electrons. The lowest BCUT2D eigenvalue weighted by molar-refractivity contribution is -0.0813. The zero-order valence-corrected chi connectivity index (χ0v) is 4.67. The first-order valence-corrected chi connectivity index (χ1v) is 2.13. The Hall–Kier alpha value is -0.870. The number of rotatable bonds is 1. The van der Waals surface area contributed by atoms with Gasteiger partial charge in [0.25, 0.3) is 0 Å². The number of hydrogen-bond donors (Lipinski definition) is 0. The lowest BCUT2D eigenvalue weighted by Crippen LogP contribution is -2.02. The van der Waals surface area contributed by atoms with Gasteiger partial charge in [-0.05, 0) is 0 Å². The first-order valence-electron chi connectivity index (χ1n) is 2.13. The minimum atomic E-state index is -4.83. The van der Waals surface area contributed by atoms with Crippen molar-refractivity contribution in [3.05, 3.63) is 24.3 Å². The number of allylic oxidation sites excluding steroid dienone is 3. The monoisotopic (exact) mass is 158 g/mol. The molecule has 0 unspecified atom stereocenters. The molecule has 0 N–H and O–H groups in total. The molecule has 5 heteroatoms. The highest BCUT2D eigenvalue weighted by Crippen LogP contribution is 2.22. The summed E-state index contributed by atoms with van der Waals surface area (Å²) in [5, 5.41) is 0. The summed E-state index contributed by atoms with van der Waals surface area (Å²) in [4.78, 5) is 0. The van der Waals surface area contributed by atoms with Crippen LogP contribution in [0.15, 0.2) is 24.3 Å². The highest BCUT2D eigenvalue weighted by Gasteiger charge is 2.25. The second-order valence-corrected chi connectivity index (χ2v) is 1.44. The molecular formula is C5H3F5. The van der Waals surface area contributed by atoms with Gasteiger partial charge in [0.05, 0.1) is 6.08 Å². The fourth-order valence-corrected chi connectivity index (χ4v) is 0.222. The Bertz CT molecular complexity index is 163. The second kappa shape index (κ2) is 2.81. The number of halogens is 5. The zero-order chi connectivity index (χ0) is 8.36. The van der Waals surface area contributed by atoms with Crippen molar-refractivity contribution in [1.29, 1.82) is 0 Å². The normalized spacial score (nSPS) is 13.5. The summed E-state index contributed by atoms with van der Waals surface area (Å²) >= 11 is 0. The SMILES string of the molecule is C=C(F)/C(F)=C/C(F)(F)F. The average Bonchev–Trinajstić information content (AvgIpc) is 1.60. The molecule has 0 spiro atoms. The number of hydrogen-bond acceptors (Lipinski definition) is 0. The van der Waals surface area contributed by atoms with Gasteiger partial charge in [-0.25, -0.2) is 8.78 Å². The maximum atomic E-state index is 11.7. The molecule has 0 fully saturated rings. The summed E-state index contributed by atoms with van der Waals surface area (Å²) in [6.07, 6.45) is -5.63. The molecular weight excluding hydrogens is 155 g/mol. The van der Waals surface area contributed by atoms with Gasteiger partial charge in [-0.2, -0.15) is 13.2 Å². The molecule has 0 aromatic heterocycles. The first kappa shape index (κ1) is 9.13. The van der Waals surface area contributed by atoms with Crippen molar-refractivity contribution in [1.82, 2.24) is 0 Å². The van der Waals surface area contributed by atoms with E-state index in [0.717, 1.165) is 0 Å². The van der Waals surface area contributed by atoms with E-state index in [2.05, 4.69) is 6.58 Å². The van der Waals surface area contributed by atoms with Crippen LogP contribution in [0.1, 0.15) is 0 Å². The van der Waals surface area contributed by atoms with Crippen LogP contribution in [0.2, 0.25) is 0 Å². The van der Waals surface area contributed by atoms with E-state index in [1.54, 1.807) is 0 Å². The molecule has 0 saturated heterocycles. The Morgan fingerprint density at radius 3 is 1.70 bits per heavy atom. The molecule has 0 amide bonds. The summed E-state index contributed by atoms with van der Waals surface area (Å²) in [7, 11) is 0. The molecule has 0 saturated carbocycles. The lowest BCUT2D eigenvalue weighted by Gasteiger charge is -1.97. The molecule has 0 aliphatic carbocycles. The molecule has 0 atom stereocenters. The van der Waals surface area contributed by atoms with Crippen molar-refractivity contribution < 1.29 is 22.0 Å². The van der Waals surface area contributed by atoms with E-state index in [9.17, 15) is 22.0 Å². The van der Waals surface area contributed by atoms with Gasteiger partial charge < -0.3 is 0 Å². The number of alkyl halides is 3. The molecule has 0 aliphatic rings. The van der Waals surface area contributed by atoms with Crippen LogP contribution >= 0.6 is 0 Å². The molecule has 0 rings (SSSR count). The third kappa shape index (κ3) is 4.05. The largest absolute Gasteiger partial charge is 0.412 e. The van der Waals surface area contributed by atoms with E-state index in [1.165, 1.54) is 0 Å². The highest BCUT2D eigenvalue weighted by atomic mass is 19.4. The summed E-state index contributed by atoms with van der Waals surface area (Å²) in [5.41, 5.74) is 0. The fraction of sp³-hybridized carbons (Fsp3) is 0.200. The standard InChI is InChI=1S/C5H3F5/c1-3(6)4(7)2-5(8,9)10/h2H,1H2/b4-2-. The Morgan fingerprint density at radius 2 is 1.60 bits per heavy atom. The van der Waals surface area contributed by atoms with Crippen LogP contribution < -0.4 is 0 Å². The third-order valence-electron chi connectivity index (χ3n) is 0.550. The lowest BCUT2D eigenvalue weighted by atomic mass is 10.4. The van der Waals surface area contributed by atoms with Crippen LogP contribution in [0.25, 0.3) is 0 Å². The summed E-state index contributed by atoms with van der Waals surface area (Å²) in [5.74, 6) is -3.72. The predicted octanol–water partition coefficient (Wildman–Crippen LogP) is 2.89. The van der Waals surface area contributed by atoms with Gasteiger partial charge in [-0.1, -0.05) is 6.58 Å². The Labute approximate surface area is 53.6 Å². The Kier molecular flexibility index (Phi) is 2.56. The molecule has 0 aromatic carbocycles. The maximum absolute atomic E-state index is 11.7. The molecule has 0 bridgehead atoms. The first-order chi connectivity index (χ1) is 4.33. The van der Waals surface area contributed by atoms with E-state index in [0.29, 0.717) is 0 Å². The van der Waals surface area contributed by atoms with E-state index in [-0.39, 0.29) is 0 Å². The van der Waals surface area contributed by atoms with Gasteiger partial charge >= 0.3 is 6.18 Å². The van der Waals surface area contributed by atoms with E-state index in [4.69, 9.17) is 0 Å². The topological polar surface area (TPSA) is 0 Å². The van der Waals surface area contributed by atoms with Crippen LogP contribution in [-0.2, 0) is 0 Å². The zero-order valence-electron chi connectivity index (χ0n) is 4.67. The molecule has 10 heavy (non-hydrogen) atoms. The van der Waals surface area contributed by atoms with Gasteiger partial charge in [-0.3, -0.25) is 0 Å². The van der Waals surface area contributed by atoms with Crippen LogP contribution in [0.4, 0.5) is 22.0 Å². The summed E-state index contributed by atoms with van der Waals surface area (Å²) in [6, 6.07) is 0. The minimum absolute atomic E-state index is 0.796. The minimum Gasteiger partial charge on any atom is -0.204 e. The van der Waals surface area contributed by atoms with Crippen LogP contribution in [-0.4, -0.2) is 6.18 Å². The van der Waals surface area contributed by atoms with Gasteiger partial charge in [0.2, 0.25) is 0 Å². The molecule has 0 aromatic rings. The molecule has 0 nitrogen and oxygen atoms in total. The molecule has 58 valence electrons. The van der Waals surface area contributed by atoms with E-state index < -0.39 is 23.9 Å². The van der Waals surface area contributed by atoms with Gasteiger partial charge in [0.15, 0.2) is 11.7 Å². The Balaban J connectivity index is 4.32.